The topological polar surface area (TPSA) is 68.5 Å². The van der Waals surface area contributed by atoms with Crippen LogP contribution in [0, 0.1) is 5.82 Å². The van der Waals surface area contributed by atoms with Crippen LogP contribution in [-0.4, -0.2) is 31.2 Å². The molecule has 0 radical (unpaired) electrons. The number of hydrogen-bond donors (Lipinski definition) is 1. The molecule has 4 rings (SSSR count). The Bertz CT molecular complexity index is 1100. The molecule has 0 fully saturated rings. The van der Waals surface area contributed by atoms with E-state index < -0.39 is 0 Å². The minimum atomic E-state index is -0.306. The van der Waals surface area contributed by atoms with E-state index in [0.717, 1.165) is 6.42 Å². The first kappa shape index (κ1) is 18.3. The molecule has 2 aromatic carbocycles. The van der Waals surface area contributed by atoms with Crippen molar-refractivity contribution in [2.75, 3.05) is 5.32 Å². The first-order chi connectivity index (χ1) is 13.6. The van der Waals surface area contributed by atoms with Gasteiger partial charge in [-0.3, -0.25) is 0 Å². The summed E-state index contributed by atoms with van der Waals surface area (Å²) in [5.41, 5.74) is 2.74. The van der Waals surface area contributed by atoms with E-state index in [0.29, 0.717) is 22.4 Å². The molecule has 0 aliphatic heterocycles. The molecule has 1 N–H and O–H groups in total. The Morgan fingerprint density at radius 3 is 2.57 bits per heavy atom. The molecule has 0 bridgehead atoms. The third-order valence-corrected chi connectivity index (χ3v) is 4.69. The van der Waals surface area contributed by atoms with E-state index >= 15 is 0 Å². The summed E-state index contributed by atoms with van der Waals surface area (Å²) in [4.78, 5) is 0. The number of anilines is 1. The van der Waals surface area contributed by atoms with Crippen molar-refractivity contribution >= 4 is 28.5 Å². The van der Waals surface area contributed by atoms with Gasteiger partial charge >= 0.3 is 0 Å². The van der Waals surface area contributed by atoms with Crippen LogP contribution in [0.15, 0.2) is 54.6 Å². The lowest BCUT2D eigenvalue weighted by Crippen LogP contribution is -2.19. The first-order valence-electron chi connectivity index (χ1n) is 8.91. The van der Waals surface area contributed by atoms with Gasteiger partial charge in [-0.2, -0.15) is 0 Å². The average molecular weight is 397 g/mol. The Morgan fingerprint density at radius 1 is 1.04 bits per heavy atom. The molecule has 2 aromatic heterocycles. The maximum atomic E-state index is 14.0. The van der Waals surface area contributed by atoms with Crippen LogP contribution < -0.4 is 5.32 Å². The Balaban J connectivity index is 1.61. The zero-order chi connectivity index (χ0) is 19.5. The van der Waals surface area contributed by atoms with Crippen LogP contribution in [0.5, 0.6) is 0 Å². The van der Waals surface area contributed by atoms with Crippen molar-refractivity contribution in [3.05, 3.63) is 76.7 Å². The SMILES string of the molecule is C[C@@H](Cc1ccccc1)Nc1nnc(Cl)c2c1nnn2Cc1ccccc1F. The molecule has 0 aliphatic rings. The molecular formula is C20H18ClFN6. The van der Waals surface area contributed by atoms with E-state index in [1.807, 2.05) is 18.2 Å². The highest BCUT2D eigenvalue weighted by molar-refractivity contribution is 6.33. The summed E-state index contributed by atoms with van der Waals surface area (Å²) < 4.78 is 15.5. The van der Waals surface area contributed by atoms with Crippen molar-refractivity contribution in [3.8, 4) is 0 Å². The molecule has 142 valence electrons. The molecule has 0 spiro atoms. The van der Waals surface area contributed by atoms with Gasteiger partial charge in [0.25, 0.3) is 0 Å². The van der Waals surface area contributed by atoms with E-state index in [-0.39, 0.29) is 23.6 Å². The molecule has 8 heteroatoms. The minimum absolute atomic E-state index is 0.0952. The molecule has 28 heavy (non-hydrogen) atoms. The van der Waals surface area contributed by atoms with Crippen molar-refractivity contribution in [2.24, 2.45) is 0 Å². The largest absolute Gasteiger partial charge is 0.364 e. The Kier molecular flexibility index (Phi) is 5.16. The van der Waals surface area contributed by atoms with E-state index in [4.69, 9.17) is 11.6 Å². The lowest BCUT2D eigenvalue weighted by atomic mass is 10.1. The summed E-state index contributed by atoms with van der Waals surface area (Å²) in [6.45, 7) is 2.26. The third kappa shape index (κ3) is 3.80. The van der Waals surface area contributed by atoms with Crippen LogP contribution in [0.1, 0.15) is 18.1 Å². The third-order valence-electron chi connectivity index (χ3n) is 4.44. The van der Waals surface area contributed by atoms with E-state index in [1.54, 1.807) is 18.2 Å². The van der Waals surface area contributed by atoms with Gasteiger partial charge in [0, 0.05) is 11.6 Å². The van der Waals surface area contributed by atoms with Crippen molar-refractivity contribution in [2.45, 2.75) is 25.9 Å². The van der Waals surface area contributed by atoms with Crippen LogP contribution >= 0.6 is 11.6 Å². The molecule has 0 aliphatic carbocycles. The zero-order valence-corrected chi connectivity index (χ0v) is 15.9. The van der Waals surface area contributed by atoms with Crippen LogP contribution in [0.25, 0.3) is 11.0 Å². The highest BCUT2D eigenvalue weighted by atomic mass is 35.5. The van der Waals surface area contributed by atoms with Crippen LogP contribution in [-0.2, 0) is 13.0 Å². The Morgan fingerprint density at radius 2 is 1.79 bits per heavy atom. The fraction of sp³-hybridized carbons (Fsp3) is 0.200. The summed E-state index contributed by atoms with van der Waals surface area (Å²) in [5, 5.41) is 20.0. The summed E-state index contributed by atoms with van der Waals surface area (Å²) >= 11 is 6.25. The number of nitrogens with zero attached hydrogens (tertiary/aromatic N) is 5. The van der Waals surface area contributed by atoms with E-state index in [1.165, 1.54) is 16.3 Å². The molecule has 4 aromatic rings. The lowest BCUT2D eigenvalue weighted by molar-refractivity contribution is 0.583. The summed E-state index contributed by atoms with van der Waals surface area (Å²) in [5.74, 6) is 0.196. The molecule has 6 nitrogen and oxygen atoms in total. The predicted octanol–water partition coefficient (Wildman–Crippen LogP) is 4.11. The van der Waals surface area contributed by atoms with Gasteiger partial charge < -0.3 is 5.32 Å². The normalized spacial score (nSPS) is 12.2. The standard InChI is InChI=1S/C20H18ClFN6/c1-13(11-14-7-3-2-4-8-14)23-20-17-18(19(21)25-26-20)28(27-24-17)12-15-9-5-6-10-16(15)22/h2-10,13H,11-12H2,1H3,(H,23,26)/t13-/m0/s1. The second kappa shape index (κ2) is 7.90. The van der Waals surface area contributed by atoms with E-state index in [9.17, 15) is 4.39 Å². The van der Waals surface area contributed by atoms with E-state index in [2.05, 4.69) is 44.9 Å². The van der Waals surface area contributed by atoms with Gasteiger partial charge in [0.15, 0.2) is 16.5 Å². The van der Waals surface area contributed by atoms with Crippen molar-refractivity contribution < 1.29 is 4.39 Å². The number of fused-ring (bicyclic) bond motifs is 1. The minimum Gasteiger partial charge on any atom is -0.364 e. The number of rotatable bonds is 6. The quantitative estimate of drug-likeness (QED) is 0.531. The van der Waals surface area contributed by atoms with Gasteiger partial charge in [0.2, 0.25) is 0 Å². The summed E-state index contributed by atoms with van der Waals surface area (Å²) in [7, 11) is 0. The molecule has 0 unspecified atom stereocenters. The smallest absolute Gasteiger partial charge is 0.179 e. The maximum Gasteiger partial charge on any atom is 0.179 e. The molecule has 2 heterocycles. The maximum absolute atomic E-state index is 14.0. The summed E-state index contributed by atoms with van der Waals surface area (Å²) in [6.07, 6.45) is 0.815. The van der Waals surface area contributed by atoms with Gasteiger partial charge in [-0.05, 0) is 25.0 Å². The number of benzene rings is 2. The van der Waals surface area contributed by atoms with Crippen LogP contribution in [0.3, 0.4) is 0 Å². The summed E-state index contributed by atoms with van der Waals surface area (Å²) in [6, 6.07) is 16.8. The highest BCUT2D eigenvalue weighted by Crippen LogP contribution is 2.25. The fourth-order valence-electron chi connectivity index (χ4n) is 3.11. The molecule has 0 saturated heterocycles. The zero-order valence-electron chi connectivity index (χ0n) is 15.2. The molecule has 0 saturated carbocycles. The number of halogens is 2. The molecule has 1 atom stereocenters. The van der Waals surface area contributed by atoms with Crippen molar-refractivity contribution in [3.63, 3.8) is 0 Å². The Hall–Kier alpha value is -3.06. The first-order valence-corrected chi connectivity index (χ1v) is 9.29. The van der Waals surface area contributed by atoms with Gasteiger partial charge in [-0.25, -0.2) is 9.07 Å². The monoisotopic (exact) mass is 396 g/mol. The van der Waals surface area contributed by atoms with Gasteiger partial charge in [-0.1, -0.05) is 65.3 Å². The van der Waals surface area contributed by atoms with Gasteiger partial charge in [-0.15, -0.1) is 15.3 Å². The average Bonchev–Trinajstić information content (AvgIpc) is 3.11. The molecular weight excluding hydrogens is 379 g/mol. The van der Waals surface area contributed by atoms with Gasteiger partial charge in [0.1, 0.15) is 11.3 Å². The van der Waals surface area contributed by atoms with Crippen molar-refractivity contribution in [1.82, 2.24) is 25.2 Å². The number of nitrogens with one attached hydrogen (secondary N) is 1. The Labute approximate surface area is 166 Å². The van der Waals surface area contributed by atoms with Crippen LogP contribution in [0.4, 0.5) is 10.2 Å². The lowest BCUT2D eigenvalue weighted by Gasteiger charge is -2.14. The molecule has 0 amide bonds. The fourth-order valence-corrected chi connectivity index (χ4v) is 3.34. The van der Waals surface area contributed by atoms with Crippen LogP contribution in [0.2, 0.25) is 5.15 Å². The number of hydrogen-bond acceptors (Lipinski definition) is 5. The van der Waals surface area contributed by atoms with Gasteiger partial charge in [0.05, 0.1) is 6.54 Å². The second-order valence-corrected chi connectivity index (χ2v) is 6.97. The predicted molar refractivity (Wildman–Crippen MR) is 107 cm³/mol. The number of aromatic nitrogens is 5. The highest BCUT2D eigenvalue weighted by Gasteiger charge is 2.18. The second-order valence-electron chi connectivity index (χ2n) is 6.61. The van der Waals surface area contributed by atoms with Crippen molar-refractivity contribution in [1.29, 1.82) is 0 Å².